The zero-order valence-corrected chi connectivity index (χ0v) is 68.1. The Morgan fingerprint density at radius 1 is 0.319 bits per heavy atom. The molecule has 8 aromatic carbocycles. The number of hydrogen-bond acceptors (Lipinski definition) is 8. The van der Waals surface area contributed by atoms with Crippen molar-refractivity contribution in [3.05, 3.63) is 288 Å². The van der Waals surface area contributed by atoms with E-state index in [0.29, 0.717) is 40.6 Å². The van der Waals surface area contributed by atoms with Gasteiger partial charge in [0.25, 0.3) is 0 Å². The monoisotopic (exact) mass is 1520 g/mol. The number of aromatic nitrogens is 8. The predicted octanol–water partition coefficient (Wildman–Crippen LogP) is 25.1. The normalized spacial score (nSPS) is 13.6. The molecular formula is C104H96N8O4+4. The molecule has 12 heteroatoms. The maximum Gasteiger partial charge on any atom is 0.227 e. The summed E-state index contributed by atoms with van der Waals surface area (Å²) in [5, 5.41) is 18.2. The van der Waals surface area contributed by atoms with Crippen molar-refractivity contribution in [3.8, 4) is 45.0 Å². The SMILES string of the molecule is CCc1ccc(-c2c(C)ccc3c2oc2ncc4ccccc4c23)[n+](C)c1.Cc1ccc2c(oc3ncc4ccccc4c32)c1-c1ccc(C(C)C)c[n+]1C.Cc1ccc2c(oc3ncc4ccccc4c32)c1-c1ccc(C2CCCC2)c[n+]1C.Cc1ccc2c(oc3ncc4ccccc4c32)c1-c1ccc(C2CCCCC2)c[n+]1C. The smallest absolute Gasteiger partial charge is 0.227 e. The Hall–Kier alpha value is -12.8. The zero-order valence-electron chi connectivity index (χ0n) is 68.1. The van der Waals surface area contributed by atoms with Crippen LogP contribution < -0.4 is 18.3 Å². The molecule has 2 fully saturated rings. The fourth-order valence-corrected chi connectivity index (χ4v) is 18.8. The van der Waals surface area contributed by atoms with Crippen LogP contribution in [-0.2, 0) is 34.6 Å². The third kappa shape index (κ3) is 12.9. The van der Waals surface area contributed by atoms with Crippen molar-refractivity contribution in [3.63, 3.8) is 0 Å². The van der Waals surface area contributed by atoms with Crippen LogP contribution in [-0.4, -0.2) is 19.9 Å². The summed E-state index contributed by atoms with van der Waals surface area (Å²) in [5.74, 6) is 1.91. The summed E-state index contributed by atoms with van der Waals surface area (Å²) in [6.07, 6.45) is 29.8. The molecule has 0 amide bonds. The van der Waals surface area contributed by atoms with E-state index in [0.717, 1.165) is 127 Å². The summed E-state index contributed by atoms with van der Waals surface area (Å²) in [5.41, 5.74) is 26.2. The number of benzene rings is 8. The number of hydrogen-bond donors (Lipinski definition) is 0. The summed E-state index contributed by atoms with van der Waals surface area (Å²) >= 11 is 0. The van der Waals surface area contributed by atoms with Crippen LogP contribution in [0.15, 0.2) is 261 Å². The number of furan rings is 4. The van der Waals surface area contributed by atoms with Gasteiger partial charge in [0.05, 0.1) is 43.8 Å². The van der Waals surface area contributed by atoms with Gasteiger partial charge in [-0.3, -0.25) is 0 Å². The van der Waals surface area contributed by atoms with Crippen LogP contribution in [0, 0.1) is 27.7 Å². The molecule has 0 bridgehead atoms. The van der Waals surface area contributed by atoms with E-state index >= 15 is 0 Å². The van der Waals surface area contributed by atoms with Gasteiger partial charge in [-0.1, -0.05) is 198 Å². The number of nitrogens with zero attached hydrogens (tertiary/aromatic N) is 8. The van der Waals surface area contributed by atoms with Crippen molar-refractivity contribution in [1.82, 2.24) is 19.9 Å². The highest BCUT2D eigenvalue weighted by Crippen LogP contribution is 2.46. The lowest BCUT2D eigenvalue weighted by molar-refractivity contribution is -0.661. The number of aryl methyl sites for hydroxylation is 9. The molecule has 2 aliphatic rings. The summed E-state index contributed by atoms with van der Waals surface area (Å²) in [4.78, 5) is 18.4. The lowest BCUT2D eigenvalue weighted by Gasteiger charge is -2.21. The van der Waals surface area contributed by atoms with Crippen molar-refractivity contribution in [2.24, 2.45) is 28.2 Å². The van der Waals surface area contributed by atoms with Gasteiger partial charge in [-0.15, -0.1) is 0 Å². The summed E-state index contributed by atoms with van der Waals surface area (Å²) < 4.78 is 34.4. The Labute approximate surface area is 675 Å². The molecule has 0 N–H and O–H groups in total. The Morgan fingerprint density at radius 2 is 0.612 bits per heavy atom. The van der Waals surface area contributed by atoms with Crippen molar-refractivity contribution >= 4 is 131 Å². The Morgan fingerprint density at radius 3 is 0.914 bits per heavy atom. The summed E-state index contributed by atoms with van der Waals surface area (Å²) in [6.45, 7) is 15.2. The second kappa shape index (κ2) is 30.2. The lowest BCUT2D eigenvalue weighted by Crippen LogP contribution is -2.32. The minimum Gasteiger partial charge on any atom is -0.437 e. The molecule has 0 saturated heterocycles. The highest BCUT2D eigenvalue weighted by molar-refractivity contribution is 6.23. The average molecular weight is 1520 g/mol. The Bertz CT molecular complexity index is 7290. The van der Waals surface area contributed by atoms with E-state index in [1.807, 2.05) is 36.9 Å². The maximum atomic E-state index is 6.40. The van der Waals surface area contributed by atoms with Gasteiger partial charge in [0, 0.05) is 114 Å². The molecule has 0 radical (unpaired) electrons. The van der Waals surface area contributed by atoms with Crippen LogP contribution in [0.5, 0.6) is 0 Å². The van der Waals surface area contributed by atoms with Gasteiger partial charge >= 0.3 is 0 Å². The van der Waals surface area contributed by atoms with Crippen molar-refractivity contribution in [2.75, 3.05) is 0 Å². The van der Waals surface area contributed by atoms with Crippen LogP contribution >= 0.6 is 0 Å². The fraction of sp³-hybridized carbons (Fsp3) is 0.231. The molecule has 20 aromatic rings. The number of fused-ring (bicyclic) bond motifs is 20. The molecule has 116 heavy (non-hydrogen) atoms. The Balaban J connectivity index is 0.000000103. The molecule has 0 aliphatic heterocycles. The van der Waals surface area contributed by atoms with Crippen LogP contribution in [0.2, 0.25) is 0 Å². The molecule has 12 nitrogen and oxygen atoms in total. The first kappa shape index (κ1) is 73.4. The van der Waals surface area contributed by atoms with Gasteiger partial charge in [0.1, 0.15) is 28.2 Å². The second-order valence-electron chi connectivity index (χ2n) is 32.8. The first-order valence-corrected chi connectivity index (χ1v) is 41.4. The first-order valence-electron chi connectivity index (χ1n) is 41.4. The number of pyridine rings is 8. The second-order valence-corrected chi connectivity index (χ2v) is 32.8. The van der Waals surface area contributed by atoms with Crippen molar-refractivity contribution in [1.29, 1.82) is 0 Å². The zero-order chi connectivity index (χ0) is 79.1. The van der Waals surface area contributed by atoms with E-state index in [-0.39, 0.29) is 0 Å². The van der Waals surface area contributed by atoms with E-state index in [9.17, 15) is 0 Å². The summed E-state index contributed by atoms with van der Waals surface area (Å²) in [7, 11) is 8.53. The quantitative estimate of drug-likeness (QED) is 0.138. The molecule has 0 atom stereocenters. The summed E-state index contributed by atoms with van der Waals surface area (Å²) in [6, 6.07) is 69.0. The molecule has 0 spiro atoms. The minimum absolute atomic E-state index is 0.499. The Kier molecular flexibility index (Phi) is 19.1. The highest BCUT2D eigenvalue weighted by Gasteiger charge is 2.30. The van der Waals surface area contributed by atoms with Crippen LogP contribution in [0.4, 0.5) is 0 Å². The first-order chi connectivity index (χ1) is 56.6. The van der Waals surface area contributed by atoms with Gasteiger partial charge < -0.3 is 17.7 Å². The van der Waals surface area contributed by atoms with Gasteiger partial charge in [0.2, 0.25) is 45.6 Å². The topological polar surface area (TPSA) is 120 Å². The molecule has 12 aromatic heterocycles. The largest absolute Gasteiger partial charge is 0.437 e. The van der Waals surface area contributed by atoms with Crippen molar-refractivity contribution < 1.29 is 35.9 Å². The third-order valence-corrected chi connectivity index (χ3v) is 25.1. The predicted molar refractivity (Wildman–Crippen MR) is 472 cm³/mol. The standard InChI is InChI=1S/C28H27N2O.C27H25N2O.C25H23N2O.C24H21N2O/c1-18-12-14-23-26-22-11-7-6-10-20(22)16-29-28(26)31-27(23)25(18)24-15-13-21(17-30(24)2)19-8-4-3-5-9-19;1-17-11-13-22-25-21-10-6-5-9-19(21)15-28-27(25)30-26(22)24(17)23-14-12-20(16-29(23)2)18-7-3-4-8-18;1-15(2)18-10-12-21(27(4)14-18)22-16(3)9-11-20-23-19-8-6-5-7-17(19)13-26-25(23)28-24(20)22;1-4-16-10-12-20(26(3)14-16)21-15(2)9-11-19-22-18-8-6-5-7-17(18)13-25-24(22)27-23(19)21/h6-7,10-17,19H,3-5,8-9H2,1-2H3;5-6,9-16,18H,3-4,7-8H2,1-2H3;5-15H,1-4H3;5-14H,4H2,1-3H3/q4*+1. The third-order valence-electron chi connectivity index (χ3n) is 25.1. The van der Waals surface area contributed by atoms with E-state index < -0.39 is 0 Å². The van der Waals surface area contributed by atoms with Gasteiger partial charge in [-0.05, 0) is 146 Å². The van der Waals surface area contributed by atoms with Gasteiger partial charge in [-0.2, -0.15) is 0 Å². The van der Waals surface area contributed by atoms with Crippen LogP contribution in [0.25, 0.3) is 176 Å². The average Bonchev–Trinajstić information content (AvgIpc) is 1.60. The van der Waals surface area contributed by atoms with E-state index in [1.165, 1.54) is 135 Å². The molecule has 12 heterocycles. The molecule has 2 aliphatic carbocycles. The highest BCUT2D eigenvalue weighted by atomic mass is 16.4. The maximum absolute atomic E-state index is 6.40. The van der Waals surface area contributed by atoms with E-state index in [4.69, 9.17) is 17.7 Å². The van der Waals surface area contributed by atoms with E-state index in [1.54, 1.807) is 0 Å². The van der Waals surface area contributed by atoms with Gasteiger partial charge in [-0.25, -0.2) is 38.2 Å². The number of rotatable bonds is 8. The van der Waals surface area contributed by atoms with Crippen LogP contribution in [0.1, 0.15) is 141 Å². The fourth-order valence-electron chi connectivity index (χ4n) is 18.8. The lowest BCUT2D eigenvalue weighted by atomic mass is 9.84. The molecular weight excluding hydrogens is 1430 g/mol. The van der Waals surface area contributed by atoms with Crippen molar-refractivity contribution in [2.45, 2.75) is 130 Å². The van der Waals surface area contributed by atoms with Gasteiger partial charge in [0.15, 0.2) is 47.1 Å². The molecule has 0 unspecified atom stereocenters. The molecule has 22 rings (SSSR count). The van der Waals surface area contributed by atoms with E-state index in [2.05, 4.69) is 322 Å². The molecule has 2 saturated carbocycles. The van der Waals surface area contributed by atoms with Crippen LogP contribution in [0.3, 0.4) is 0 Å². The minimum atomic E-state index is 0.499. The molecule has 572 valence electrons.